The van der Waals surface area contributed by atoms with E-state index in [1.807, 2.05) is 6.07 Å². The predicted molar refractivity (Wildman–Crippen MR) is 35.1 cm³/mol. The van der Waals surface area contributed by atoms with Crippen LogP contribution in [0.15, 0.2) is 12.1 Å². The number of aromatic nitrogens is 1. The van der Waals surface area contributed by atoms with Gasteiger partial charge in [0.05, 0.1) is 6.20 Å². The molecule has 0 saturated carbocycles. The van der Waals surface area contributed by atoms with Crippen molar-refractivity contribution in [3.05, 3.63) is 29.6 Å². The number of hydrogen-bond donors (Lipinski definition) is 0. The molecule has 1 aliphatic carbocycles. The van der Waals surface area contributed by atoms with Gasteiger partial charge in [-0.15, -0.1) is 0 Å². The molecule has 9 heavy (non-hydrogen) atoms. The highest BCUT2D eigenvalue weighted by molar-refractivity contribution is 5.23. The zero-order chi connectivity index (χ0) is 6.10. The van der Waals surface area contributed by atoms with Crippen molar-refractivity contribution in [2.45, 2.75) is 19.3 Å². The second kappa shape index (κ2) is 1.83. The van der Waals surface area contributed by atoms with Gasteiger partial charge in [0.15, 0.2) is 0 Å². The van der Waals surface area contributed by atoms with Crippen LogP contribution < -0.4 is 0 Å². The van der Waals surface area contributed by atoms with Gasteiger partial charge in [-0.3, -0.25) is 4.98 Å². The van der Waals surface area contributed by atoms with E-state index in [1.165, 1.54) is 24.1 Å². The van der Waals surface area contributed by atoms with Gasteiger partial charge in [0.25, 0.3) is 0 Å². The van der Waals surface area contributed by atoms with Crippen molar-refractivity contribution >= 4 is 0 Å². The van der Waals surface area contributed by atoms with E-state index in [4.69, 9.17) is 0 Å². The van der Waals surface area contributed by atoms with E-state index < -0.39 is 0 Å². The Morgan fingerprint density at radius 1 is 1.44 bits per heavy atom. The highest BCUT2D eigenvalue weighted by atomic mass is 14.7. The van der Waals surface area contributed by atoms with Crippen molar-refractivity contribution in [3.8, 4) is 0 Å². The van der Waals surface area contributed by atoms with Crippen LogP contribution in [0.1, 0.15) is 17.7 Å². The first-order chi connectivity index (χ1) is 4.47. The minimum Gasteiger partial charge on any atom is -0.251 e. The van der Waals surface area contributed by atoms with Crippen molar-refractivity contribution < 1.29 is 0 Å². The Morgan fingerprint density at radius 3 is 3.33 bits per heavy atom. The van der Waals surface area contributed by atoms with E-state index in [0.717, 1.165) is 6.42 Å². The van der Waals surface area contributed by atoms with Gasteiger partial charge in [-0.05, 0) is 30.9 Å². The van der Waals surface area contributed by atoms with Gasteiger partial charge >= 0.3 is 0 Å². The van der Waals surface area contributed by atoms with Gasteiger partial charge in [0, 0.05) is 5.69 Å². The molecular weight excluding hydrogens is 110 g/mol. The van der Waals surface area contributed by atoms with Gasteiger partial charge in [-0.25, -0.2) is 0 Å². The second-order valence-electron chi connectivity index (χ2n) is 2.40. The molecule has 1 aliphatic rings. The third-order valence-corrected chi connectivity index (χ3v) is 1.79. The first kappa shape index (κ1) is 4.98. The predicted octanol–water partition coefficient (Wildman–Crippen LogP) is 1.37. The SMILES string of the molecule is [c]1ccc2c(n1)CCC2. The summed E-state index contributed by atoms with van der Waals surface area (Å²) in [5.41, 5.74) is 2.69. The molecule has 0 fully saturated rings. The van der Waals surface area contributed by atoms with Gasteiger partial charge < -0.3 is 0 Å². The number of rotatable bonds is 0. The lowest BCUT2D eigenvalue weighted by Gasteiger charge is -1.91. The molecule has 0 aromatic carbocycles. The van der Waals surface area contributed by atoms with Crippen LogP contribution in [0.25, 0.3) is 0 Å². The summed E-state index contributed by atoms with van der Waals surface area (Å²) >= 11 is 0. The van der Waals surface area contributed by atoms with E-state index >= 15 is 0 Å². The fourth-order valence-corrected chi connectivity index (χ4v) is 1.31. The molecule has 1 aromatic rings. The zero-order valence-electron chi connectivity index (χ0n) is 5.22. The molecule has 1 heterocycles. The monoisotopic (exact) mass is 118 g/mol. The molecule has 0 atom stereocenters. The minimum absolute atomic E-state index is 1.16. The van der Waals surface area contributed by atoms with Gasteiger partial charge in [-0.1, -0.05) is 6.07 Å². The fraction of sp³-hybridized carbons (Fsp3) is 0.375. The van der Waals surface area contributed by atoms with Crippen LogP contribution in [0.3, 0.4) is 0 Å². The molecule has 0 amide bonds. The largest absolute Gasteiger partial charge is 0.251 e. The lowest BCUT2D eigenvalue weighted by Crippen LogP contribution is -1.84. The molecular formula is C8H8N. The highest BCUT2D eigenvalue weighted by Crippen LogP contribution is 2.17. The zero-order valence-corrected chi connectivity index (χ0v) is 5.22. The van der Waals surface area contributed by atoms with E-state index in [9.17, 15) is 0 Å². The number of nitrogens with zero attached hydrogens (tertiary/aromatic N) is 1. The van der Waals surface area contributed by atoms with Gasteiger partial charge in [-0.2, -0.15) is 0 Å². The smallest absolute Gasteiger partial charge is 0.0889 e. The number of pyridine rings is 1. The Kier molecular flexibility index (Phi) is 1.01. The van der Waals surface area contributed by atoms with Crippen LogP contribution in [-0.2, 0) is 12.8 Å². The molecule has 2 rings (SSSR count). The maximum absolute atomic E-state index is 4.13. The van der Waals surface area contributed by atoms with E-state index in [2.05, 4.69) is 17.2 Å². The van der Waals surface area contributed by atoms with Gasteiger partial charge in [0.2, 0.25) is 0 Å². The number of fused-ring (bicyclic) bond motifs is 1. The lowest BCUT2D eigenvalue weighted by atomic mass is 10.2. The maximum atomic E-state index is 4.13. The summed E-state index contributed by atoms with van der Waals surface area (Å²) in [6.07, 6.45) is 6.50. The van der Waals surface area contributed by atoms with Crippen molar-refractivity contribution in [1.29, 1.82) is 0 Å². The third-order valence-electron chi connectivity index (χ3n) is 1.79. The van der Waals surface area contributed by atoms with E-state index in [1.54, 1.807) is 0 Å². The van der Waals surface area contributed by atoms with Crippen LogP contribution in [0.4, 0.5) is 0 Å². The van der Waals surface area contributed by atoms with Crippen LogP contribution in [-0.4, -0.2) is 4.98 Å². The summed E-state index contributed by atoms with van der Waals surface area (Å²) in [7, 11) is 0. The molecule has 0 unspecified atom stereocenters. The van der Waals surface area contributed by atoms with Crippen molar-refractivity contribution in [2.75, 3.05) is 0 Å². The number of aryl methyl sites for hydroxylation is 2. The quantitative estimate of drug-likeness (QED) is 0.501. The second-order valence-corrected chi connectivity index (χ2v) is 2.40. The van der Waals surface area contributed by atoms with E-state index in [0.29, 0.717) is 0 Å². The molecule has 0 saturated heterocycles. The Labute approximate surface area is 54.7 Å². The minimum atomic E-state index is 1.16. The first-order valence-corrected chi connectivity index (χ1v) is 3.32. The fourth-order valence-electron chi connectivity index (χ4n) is 1.31. The van der Waals surface area contributed by atoms with Crippen LogP contribution in [0.5, 0.6) is 0 Å². The maximum Gasteiger partial charge on any atom is 0.0889 e. The molecule has 1 radical (unpaired) electrons. The lowest BCUT2D eigenvalue weighted by molar-refractivity contribution is 0.899. The van der Waals surface area contributed by atoms with Crippen LogP contribution in [0, 0.1) is 6.20 Å². The third kappa shape index (κ3) is 0.727. The number of hydrogen-bond acceptors (Lipinski definition) is 1. The summed E-state index contributed by atoms with van der Waals surface area (Å²) in [6, 6.07) is 4.01. The molecule has 0 bridgehead atoms. The molecule has 0 aliphatic heterocycles. The standard InChI is InChI=1S/C8H8N/c1-3-7-4-2-6-9-8(7)5-1/h2,4H,1,3,5H2. The molecule has 45 valence electrons. The highest BCUT2D eigenvalue weighted by Gasteiger charge is 2.09. The Morgan fingerprint density at radius 2 is 2.44 bits per heavy atom. The average molecular weight is 118 g/mol. The van der Waals surface area contributed by atoms with Crippen LogP contribution in [0.2, 0.25) is 0 Å². The average Bonchev–Trinajstić information content (AvgIpc) is 2.33. The van der Waals surface area contributed by atoms with Crippen LogP contribution >= 0.6 is 0 Å². The van der Waals surface area contributed by atoms with Crippen molar-refractivity contribution in [3.63, 3.8) is 0 Å². The summed E-state index contributed by atoms with van der Waals surface area (Å²) in [4.78, 5) is 4.13. The normalized spacial score (nSPS) is 15.6. The molecule has 1 nitrogen and oxygen atoms in total. The Bertz CT molecular complexity index is 195. The van der Waals surface area contributed by atoms with E-state index in [-0.39, 0.29) is 0 Å². The molecule has 1 heteroatoms. The summed E-state index contributed by atoms with van der Waals surface area (Å²) < 4.78 is 0. The Balaban J connectivity index is 2.54. The first-order valence-electron chi connectivity index (χ1n) is 3.32. The summed E-state index contributed by atoms with van der Waals surface area (Å²) in [6.45, 7) is 0. The molecule has 0 spiro atoms. The summed E-state index contributed by atoms with van der Waals surface area (Å²) in [5, 5.41) is 0. The Hall–Kier alpha value is -0.850. The van der Waals surface area contributed by atoms with Crippen molar-refractivity contribution in [1.82, 2.24) is 4.98 Å². The summed E-state index contributed by atoms with van der Waals surface area (Å²) in [5.74, 6) is 0. The van der Waals surface area contributed by atoms with Crippen molar-refractivity contribution in [2.24, 2.45) is 0 Å². The molecule has 1 aromatic heterocycles. The topological polar surface area (TPSA) is 12.9 Å². The molecule has 0 N–H and O–H groups in total. The van der Waals surface area contributed by atoms with Gasteiger partial charge in [0.1, 0.15) is 0 Å².